The monoisotopic (exact) mass is 1380 g/mol. The Bertz CT molecular complexity index is 2420. The molecule has 27 heteroatoms. The number of hydrogen-bond donors (Lipinski definition) is 21. The molecular formula is C68H116O26S. The number of aliphatic hydroxyl groups excluding tert-OH is 20. The van der Waals surface area contributed by atoms with Crippen LogP contribution in [0.1, 0.15) is 155 Å². The third-order valence-electron chi connectivity index (χ3n) is 17.1. The molecule has 26 nitrogen and oxygen atoms in total. The summed E-state index contributed by atoms with van der Waals surface area (Å²) in [7, 11) is -4.67. The van der Waals surface area contributed by atoms with Crippen LogP contribution in [0.4, 0.5) is 0 Å². The summed E-state index contributed by atoms with van der Waals surface area (Å²) in [5.41, 5.74) is 0.465. The van der Waals surface area contributed by atoms with Crippen LogP contribution in [-0.4, -0.2) is 268 Å². The Balaban J connectivity index is 1.75. The van der Waals surface area contributed by atoms with Gasteiger partial charge < -0.3 is 112 Å². The minimum absolute atomic E-state index is 0.000688. The molecule has 2 heterocycles. The third-order valence-corrected chi connectivity index (χ3v) is 17.5. The summed E-state index contributed by atoms with van der Waals surface area (Å²) in [5, 5.41) is 214. The molecule has 0 saturated carbocycles. The zero-order chi connectivity index (χ0) is 71.4. The minimum Gasteiger partial charge on any atom is -0.393 e. The molecule has 25 unspecified atom stereocenters. The number of ether oxygens (including phenoxy) is 2. The van der Waals surface area contributed by atoms with Crippen molar-refractivity contribution >= 4 is 10.4 Å². The number of hydrogen-bond acceptors (Lipinski definition) is 25. The highest BCUT2D eigenvalue weighted by atomic mass is 32.3. The highest BCUT2D eigenvalue weighted by Gasteiger charge is 2.47. The molecule has 0 spiro atoms. The number of allylic oxidation sites excluding steroid dienone is 9. The van der Waals surface area contributed by atoms with Crippen LogP contribution in [0.2, 0.25) is 0 Å². The van der Waals surface area contributed by atoms with Crippen LogP contribution in [0.15, 0.2) is 109 Å². The van der Waals surface area contributed by atoms with Gasteiger partial charge in [-0.2, -0.15) is 8.42 Å². The highest BCUT2D eigenvalue weighted by Crippen LogP contribution is 2.32. The van der Waals surface area contributed by atoms with Crippen molar-refractivity contribution < 1.29 is 129 Å². The van der Waals surface area contributed by atoms with Gasteiger partial charge in [0, 0.05) is 19.3 Å². The molecule has 0 radical (unpaired) electrons. The lowest BCUT2D eigenvalue weighted by molar-refractivity contribution is -0.234. The molecule has 0 aromatic carbocycles. The van der Waals surface area contributed by atoms with Crippen LogP contribution in [0.3, 0.4) is 0 Å². The second-order valence-corrected chi connectivity index (χ2v) is 26.6. The van der Waals surface area contributed by atoms with E-state index in [0.29, 0.717) is 63.4 Å². The Kier molecular flexibility index (Phi) is 44.0. The van der Waals surface area contributed by atoms with Gasteiger partial charge in [0.25, 0.3) is 0 Å². The summed E-state index contributed by atoms with van der Waals surface area (Å²) in [6.07, 6.45) is -4.26. The average molecular weight is 1380 g/mol. The molecule has 95 heavy (non-hydrogen) atoms. The van der Waals surface area contributed by atoms with Crippen molar-refractivity contribution in [1.29, 1.82) is 0 Å². The Morgan fingerprint density at radius 2 is 1.11 bits per heavy atom. The van der Waals surface area contributed by atoms with Gasteiger partial charge in [0.2, 0.25) is 0 Å². The van der Waals surface area contributed by atoms with Crippen molar-refractivity contribution in [3.05, 3.63) is 109 Å². The molecule has 25 atom stereocenters. The lowest BCUT2D eigenvalue weighted by atomic mass is 9.87. The van der Waals surface area contributed by atoms with Gasteiger partial charge in [-0.15, -0.1) is 6.58 Å². The molecule has 0 aliphatic carbocycles. The lowest BCUT2D eigenvalue weighted by Gasteiger charge is -2.42. The zero-order valence-corrected chi connectivity index (χ0v) is 55.9. The number of unbranched alkanes of at least 4 members (excludes halogenated alkanes) is 4. The molecule has 0 bridgehead atoms. The van der Waals surface area contributed by atoms with E-state index < -0.39 is 169 Å². The summed E-state index contributed by atoms with van der Waals surface area (Å²) in [5.74, 6) is -0.693. The molecular weight excluding hydrogens is 1260 g/mol. The van der Waals surface area contributed by atoms with E-state index in [1.807, 2.05) is 42.5 Å². The first kappa shape index (κ1) is 87.7. The quantitative estimate of drug-likeness (QED) is 0.0173. The predicted octanol–water partition coefficient (Wildman–Crippen LogP) is 0.803. The van der Waals surface area contributed by atoms with Crippen LogP contribution in [0.25, 0.3) is 0 Å². The predicted molar refractivity (Wildman–Crippen MR) is 354 cm³/mol. The standard InChI is InChI=1S/C68H116O26S/c1-5-6-7-8-9-10-11-12-13-14-15-18-31-52(76)62(84)67-65(87)57(81)40-59(94-67)66(88)61(83)43(3)33-35-51(75)58-39-56(80)64(86)68(93-58)63(85)54(78)36-42(2)32-34-48(72)38-55(79)60(82)44(4)37-53(77)50(74)30-19-16-17-23-45(69)24-20-25-46(70)26-21-27-47(71)28-22-29-49(73)41-92-95(89,90)91/h5,8-13,18,21-22,26,28,31,36,44-88H,1,3,6-7,14-17,19-20,23-25,27,29-30,32-35,37-41H2,2,4H3,(H,89,90,91). The molecule has 2 fully saturated rings. The second kappa shape index (κ2) is 47.7. The fourth-order valence-corrected chi connectivity index (χ4v) is 11.4. The van der Waals surface area contributed by atoms with E-state index >= 15 is 0 Å². The fraction of sp³-hybridized carbons (Fsp3) is 0.735. The van der Waals surface area contributed by atoms with E-state index in [4.69, 9.17) is 14.0 Å². The maximum absolute atomic E-state index is 11.2. The average Bonchev–Trinajstić information content (AvgIpc) is 0.822. The van der Waals surface area contributed by atoms with Crippen molar-refractivity contribution in [2.45, 2.75) is 302 Å². The number of aliphatic hydroxyl groups is 20. The Morgan fingerprint density at radius 3 is 1.74 bits per heavy atom. The summed E-state index contributed by atoms with van der Waals surface area (Å²) in [6, 6.07) is 0. The van der Waals surface area contributed by atoms with E-state index in [0.717, 1.165) is 12.8 Å². The van der Waals surface area contributed by atoms with Crippen molar-refractivity contribution in [3.8, 4) is 0 Å². The van der Waals surface area contributed by atoms with Crippen LogP contribution in [0.5, 0.6) is 0 Å². The van der Waals surface area contributed by atoms with Gasteiger partial charge in [0.05, 0.1) is 92.1 Å². The molecule has 2 aliphatic heterocycles. The molecule has 0 amide bonds. The van der Waals surface area contributed by atoms with E-state index in [2.05, 4.69) is 17.3 Å². The Labute approximate surface area is 560 Å². The topological polar surface area (TPSA) is 487 Å². The van der Waals surface area contributed by atoms with Crippen LogP contribution < -0.4 is 0 Å². The summed E-state index contributed by atoms with van der Waals surface area (Å²) >= 11 is 0. The van der Waals surface area contributed by atoms with Gasteiger partial charge in [-0.3, -0.25) is 4.55 Å². The van der Waals surface area contributed by atoms with Gasteiger partial charge in [0.15, 0.2) is 0 Å². The minimum atomic E-state index is -4.67. The largest absolute Gasteiger partial charge is 0.397 e. The molecule has 2 rings (SSSR count). The summed E-state index contributed by atoms with van der Waals surface area (Å²) in [4.78, 5) is 0. The van der Waals surface area contributed by atoms with Crippen LogP contribution >= 0.6 is 0 Å². The van der Waals surface area contributed by atoms with Crippen LogP contribution in [0, 0.1) is 5.92 Å². The van der Waals surface area contributed by atoms with E-state index in [1.165, 1.54) is 30.4 Å². The summed E-state index contributed by atoms with van der Waals surface area (Å²) < 4.78 is 45.4. The van der Waals surface area contributed by atoms with Gasteiger partial charge in [-0.1, -0.05) is 123 Å². The van der Waals surface area contributed by atoms with Gasteiger partial charge in [-0.25, -0.2) is 4.18 Å². The molecule has 21 N–H and O–H groups in total. The van der Waals surface area contributed by atoms with E-state index in [9.17, 15) is 111 Å². The van der Waals surface area contributed by atoms with Crippen molar-refractivity contribution in [2.24, 2.45) is 5.92 Å². The fourth-order valence-electron chi connectivity index (χ4n) is 11.1. The maximum atomic E-state index is 11.2. The van der Waals surface area contributed by atoms with Crippen molar-refractivity contribution in [2.75, 3.05) is 6.61 Å². The second-order valence-electron chi connectivity index (χ2n) is 25.5. The number of rotatable bonds is 50. The first-order chi connectivity index (χ1) is 44.8. The third kappa shape index (κ3) is 36.0. The normalized spacial score (nSPS) is 26.7. The smallest absolute Gasteiger partial charge is 0.393 e. The Morgan fingerprint density at radius 1 is 0.547 bits per heavy atom. The van der Waals surface area contributed by atoms with Gasteiger partial charge in [-0.05, 0) is 121 Å². The van der Waals surface area contributed by atoms with Gasteiger partial charge >= 0.3 is 10.4 Å². The molecule has 0 aromatic rings. The first-order valence-electron chi connectivity index (χ1n) is 33.3. The van der Waals surface area contributed by atoms with Crippen molar-refractivity contribution in [1.82, 2.24) is 0 Å². The molecule has 0 aromatic heterocycles. The van der Waals surface area contributed by atoms with Crippen molar-refractivity contribution in [3.63, 3.8) is 0 Å². The maximum Gasteiger partial charge on any atom is 0.397 e. The Hall–Kier alpha value is -3.35. The lowest BCUT2D eigenvalue weighted by Crippen LogP contribution is -2.59. The SMILES string of the molecule is C=CCCC=CC=CC=CCCC=CC(O)C(O)C1OC(C(O)C(O)C(=C)CCC(O)C2CC(O)C(O)C(C(O)C(O)C=C(C)CCC(O)CC(O)C(O)C(C)CC(O)C(O)CCCCCC(O)CCCC(O)C=CCC(O)C=CCC(O)COS(=O)(=O)O)O2)CC(O)C1O. The molecule has 550 valence electrons. The summed E-state index contributed by atoms with van der Waals surface area (Å²) in [6.45, 7) is 10.0. The van der Waals surface area contributed by atoms with Crippen LogP contribution in [-0.2, 0) is 24.1 Å². The molecule has 2 aliphatic rings. The van der Waals surface area contributed by atoms with Gasteiger partial charge in [0.1, 0.15) is 61.0 Å². The molecule has 2 saturated heterocycles. The zero-order valence-electron chi connectivity index (χ0n) is 55.0. The first-order valence-corrected chi connectivity index (χ1v) is 34.6. The van der Waals surface area contributed by atoms with E-state index in [1.54, 1.807) is 26.0 Å². The highest BCUT2D eigenvalue weighted by molar-refractivity contribution is 7.80. The van der Waals surface area contributed by atoms with E-state index in [-0.39, 0.29) is 76.2 Å².